The molecule has 0 aromatic carbocycles. The van der Waals surface area contributed by atoms with Crippen LogP contribution in [-0.2, 0) is 4.74 Å². The largest absolute Gasteiger partial charge is 0.368 e. The third-order valence-electron chi connectivity index (χ3n) is 3.89. The average molecular weight is 270 g/mol. The number of morpholine rings is 1. The van der Waals surface area contributed by atoms with Crippen LogP contribution >= 0.6 is 0 Å². The Labute approximate surface area is 119 Å². The maximum atomic E-state index is 5.96. The van der Waals surface area contributed by atoms with Gasteiger partial charge in [0.15, 0.2) is 0 Å². The summed E-state index contributed by atoms with van der Waals surface area (Å²) in [6, 6.07) is 0. The third kappa shape index (κ3) is 7.28. The van der Waals surface area contributed by atoms with E-state index in [1.807, 2.05) is 0 Å². The van der Waals surface area contributed by atoms with Crippen molar-refractivity contribution in [3.63, 3.8) is 0 Å². The third-order valence-corrected chi connectivity index (χ3v) is 3.89. The molecule has 1 aliphatic rings. The lowest BCUT2D eigenvalue weighted by atomic mass is 10.0. The van der Waals surface area contributed by atoms with Gasteiger partial charge in [-0.3, -0.25) is 4.90 Å². The highest BCUT2D eigenvalue weighted by atomic mass is 16.5. The van der Waals surface area contributed by atoms with Crippen molar-refractivity contribution in [3.8, 4) is 0 Å². The molecule has 19 heavy (non-hydrogen) atoms. The first-order valence-corrected chi connectivity index (χ1v) is 8.17. The molecule has 0 radical (unpaired) electrons. The summed E-state index contributed by atoms with van der Waals surface area (Å²) >= 11 is 0. The summed E-state index contributed by atoms with van der Waals surface area (Å²) in [7, 11) is 0. The van der Waals surface area contributed by atoms with Crippen molar-refractivity contribution in [1.82, 2.24) is 4.90 Å². The topological polar surface area (TPSA) is 38.5 Å². The van der Waals surface area contributed by atoms with Crippen LogP contribution in [0.25, 0.3) is 0 Å². The second-order valence-corrected chi connectivity index (χ2v) is 6.59. The second-order valence-electron chi connectivity index (χ2n) is 6.59. The van der Waals surface area contributed by atoms with Gasteiger partial charge in [0.05, 0.1) is 11.7 Å². The van der Waals surface area contributed by atoms with Gasteiger partial charge in [-0.25, -0.2) is 0 Å². The predicted octanol–water partition coefficient (Wildman–Crippen LogP) is 3.18. The van der Waals surface area contributed by atoms with Crippen LogP contribution in [0, 0.1) is 0 Å². The summed E-state index contributed by atoms with van der Waals surface area (Å²) in [5.74, 6) is 0. The van der Waals surface area contributed by atoms with E-state index in [1.54, 1.807) is 0 Å². The molecule has 0 amide bonds. The van der Waals surface area contributed by atoms with Crippen molar-refractivity contribution in [1.29, 1.82) is 0 Å². The van der Waals surface area contributed by atoms with Gasteiger partial charge in [-0.15, -0.1) is 0 Å². The Bertz CT molecular complexity index is 231. The molecule has 1 heterocycles. The molecule has 3 heteroatoms. The van der Waals surface area contributed by atoms with Gasteiger partial charge >= 0.3 is 0 Å². The van der Waals surface area contributed by atoms with E-state index in [1.165, 1.54) is 51.5 Å². The van der Waals surface area contributed by atoms with Gasteiger partial charge < -0.3 is 10.5 Å². The monoisotopic (exact) mass is 270 g/mol. The van der Waals surface area contributed by atoms with Crippen molar-refractivity contribution in [2.24, 2.45) is 5.73 Å². The Morgan fingerprint density at radius 2 is 1.74 bits per heavy atom. The smallest absolute Gasteiger partial charge is 0.0831 e. The first kappa shape index (κ1) is 16.9. The van der Waals surface area contributed by atoms with E-state index in [0.29, 0.717) is 6.54 Å². The van der Waals surface area contributed by atoms with E-state index >= 15 is 0 Å². The molecular formula is C16H34N2O. The molecule has 2 N–H and O–H groups in total. The molecular weight excluding hydrogens is 236 g/mol. The summed E-state index contributed by atoms with van der Waals surface area (Å²) in [5.41, 5.74) is 5.72. The molecule has 1 rings (SSSR count). The molecule has 3 nitrogen and oxygen atoms in total. The van der Waals surface area contributed by atoms with Gasteiger partial charge in [0.25, 0.3) is 0 Å². The Morgan fingerprint density at radius 3 is 2.37 bits per heavy atom. The lowest BCUT2D eigenvalue weighted by Gasteiger charge is -2.42. The number of unbranched alkanes of at least 4 members (excludes halogenated alkanes) is 6. The SMILES string of the molecule is CCCCCCCCCN1CC(CN)OC(C)(C)C1. The molecule has 0 aliphatic carbocycles. The summed E-state index contributed by atoms with van der Waals surface area (Å²) in [5, 5.41) is 0. The molecule has 1 atom stereocenters. The fourth-order valence-corrected chi connectivity index (χ4v) is 3.00. The van der Waals surface area contributed by atoms with Crippen LogP contribution in [0.1, 0.15) is 65.7 Å². The molecule has 0 aromatic heterocycles. The van der Waals surface area contributed by atoms with Crippen molar-refractivity contribution in [2.75, 3.05) is 26.2 Å². The highest BCUT2D eigenvalue weighted by Crippen LogP contribution is 2.21. The fraction of sp³-hybridized carbons (Fsp3) is 1.00. The minimum atomic E-state index is -0.0383. The van der Waals surface area contributed by atoms with Crippen molar-refractivity contribution >= 4 is 0 Å². The maximum Gasteiger partial charge on any atom is 0.0831 e. The van der Waals surface area contributed by atoms with Gasteiger partial charge in [-0.2, -0.15) is 0 Å². The summed E-state index contributed by atoms with van der Waals surface area (Å²) in [6.07, 6.45) is 9.86. The number of nitrogens with zero attached hydrogens (tertiary/aromatic N) is 1. The highest BCUT2D eigenvalue weighted by molar-refractivity contribution is 4.84. The lowest BCUT2D eigenvalue weighted by molar-refractivity contribution is -0.131. The molecule has 0 aromatic rings. The van der Waals surface area contributed by atoms with Gasteiger partial charge in [0, 0.05) is 19.6 Å². The quantitative estimate of drug-likeness (QED) is 0.654. The molecule has 0 spiro atoms. The van der Waals surface area contributed by atoms with Crippen molar-refractivity contribution in [2.45, 2.75) is 77.4 Å². The van der Waals surface area contributed by atoms with E-state index in [-0.39, 0.29) is 11.7 Å². The lowest BCUT2D eigenvalue weighted by Crippen LogP contribution is -2.54. The van der Waals surface area contributed by atoms with Crippen LogP contribution in [0.2, 0.25) is 0 Å². The van der Waals surface area contributed by atoms with Crippen LogP contribution in [0.4, 0.5) is 0 Å². The van der Waals surface area contributed by atoms with Crippen LogP contribution in [0.5, 0.6) is 0 Å². The Kier molecular flexibility index (Phi) is 7.96. The van der Waals surface area contributed by atoms with E-state index in [4.69, 9.17) is 10.5 Å². The van der Waals surface area contributed by atoms with Gasteiger partial charge in [0.1, 0.15) is 0 Å². The van der Waals surface area contributed by atoms with E-state index in [9.17, 15) is 0 Å². The van der Waals surface area contributed by atoms with E-state index < -0.39 is 0 Å². The number of rotatable bonds is 9. The highest BCUT2D eigenvalue weighted by Gasteiger charge is 2.32. The summed E-state index contributed by atoms with van der Waals surface area (Å²) in [6.45, 7) is 10.5. The molecule has 114 valence electrons. The zero-order valence-electron chi connectivity index (χ0n) is 13.3. The number of ether oxygens (including phenoxy) is 1. The van der Waals surface area contributed by atoms with Gasteiger partial charge in [-0.1, -0.05) is 45.4 Å². The standard InChI is InChI=1S/C16H34N2O/c1-4-5-6-7-8-9-10-11-18-13-15(12-17)19-16(2,3)14-18/h15H,4-14,17H2,1-3H3. The Hall–Kier alpha value is -0.120. The van der Waals surface area contributed by atoms with Gasteiger partial charge in [0.2, 0.25) is 0 Å². The first-order valence-electron chi connectivity index (χ1n) is 8.17. The van der Waals surface area contributed by atoms with Gasteiger partial charge in [-0.05, 0) is 26.8 Å². The number of nitrogens with two attached hydrogens (primary N) is 1. The van der Waals surface area contributed by atoms with E-state index in [0.717, 1.165) is 13.1 Å². The zero-order valence-corrected chi connectivity index (χ0v) is 13.3. The minimum absolute atomic E-state index is 0.0383. The summed E-state index contributed by atoms with van der Waals surface area (Å²) < 4.78 is 5.96. The number of hydrogen-bond acceptors (Lipinski definition) is 3. The van der Waals surface area contributed by atoms with Crippen LogP contribution < -0.4 is 5.73 Å². The first-order chi connectivity index (χ1) is 9.07. The zero-order chi connectivity index (χ0) is 14.1. The minimum Gasteiger partial charge on any atom is -0.368 e. The maximum absolute atomic E-state index is 5.96. The van der Waals surface area contributed by atoms with Crippen molar-refractivity contribution < 1.29 is 4.74 Å². The number of hydrogen-bond donors (Lipinski definition) is 1. The molecule has 1 saturated heterocycles. The molecule has 1 aliphatic heterocycles. The fourth-order valence-electron chi connectivity index (χ4n) is 3.00. The average Bonchev–Trinajstić information content (AvgIpc) is 2.36. The van der Waals surface area contributed by atoms with E-state index in [2.05, 4.69) is 25.7 Å². The predicted molar refractivity (Wildman–Crippen MR) is 82.4 cm³/mol. The summed E-state index contributed by atoms with van der Waals surface area (Å²) in [4.78, 5) is 2.53. The van der Waals surface area contributed by atoms with Crippen LogP contribution in [-0.4, -0.2) is 42.8 Å². The molecule has 1 fully saturated rings. The Morgan fingerprint density at radius 1 is 1.11 bits per heavy atom. The van der Waals surface area contributed by atoms with Crippen LogP contribution in [0.15, 0.2) is 0 Å². The molecule has 0 saturated carbocycles. The van der Waals surface area contributed by atoms with Crippen molar-refractivity contribution in [3.05, 3.63) is 0 Å². The second kappa shape index (κ2) is 8.93. The van der Waals surface area contributed by atoms with Crippen LogP contribution in [0.3, 0.4) is 0 Å². The molecule has 0 bridgehead atoms. The normalized spacial score (nSPS) is 23.7. The molecule has 1 unspecified atom stereocenters. The Balaban J connectivity index is 2.11.